The second-order valence-electron chi connectivity index (χ2n) is 4.40. The van der Waals surface area contributed by atoms with Crippen LogP contribution >= 0.6 is 22.6 Å². The molecular formula is C9H16INO2. The molecule has 0 radical (unpaired) electrons. The van der Waals surface area contributed by atoms with E-state index in [0.29, 0.717) is 3.92 Å². The molecule has 0 bridgehead atoms. The van der Waals surface area contributed by atoms with Crippen molar-refractivity contribution in [3.8, 4) is 0 Å². The van der Waals surface area contributed by atoms with Crippen LogP contribution in [0.25, 0.3) is 0 Å². The average molecular weight is 297 g/mol. The fraction of sp³-hybridized carbons (Fsp3) is 0.889. The minimum atomic E-state index is -0.399. The maximum Gasteiger partial charge on any atom is 0.330 e. The number of carbonyl (C=O) groups is 1. The quantitative estimate of drug-likeness (QED) is 0.548. The predicted octanol–water partition coefficient (Wildman–Crippen LogP) is 2.00. The molecule has 13 heavy (non-hydrogen) atoms. The van der Waals surface area contributed by atoms with Crippen LogP contribution in [-0.4, -0.2) is 28.0 Å². The first-order chi connectivity index (χ1) is 5.89. The van der Waals surface area contributed by atoms with E-state index in [0.717, 1.165) is 19.5 Å². The zero-order valence-electron chi connectivity index (χ0n) is 8.34. The van der Waals surface area contributed by atoms with Gasteiger partial charge in [0.25, 0.3) is 0 Å². The number of nitrogens with zero attached hydrogens (tertiary/aromatic N) is 1. The van der Waals surface area contributed by atoms with Crippen molar-refractivity contribution in [1.29, 1.82) is 0 Å². The van der Waals surface area contributed by atoms with E-state index in [9.17, 15) is 4.79 Å². The van der Waals surface area contributed by atoms with Gasteiger partial charge in [0.15, 0.2) is 0 Å². The summed E-state index contributed by atoms with van der Waals surface area (Å²) in [5.74, 6) is -0.141. The summed E-state index contributed by atoms with van der Waals surface area (Å²) in [6, 6.07) is 0. The van der Waals surface area contributed by atoms with Crippen LogP contribution in [0.2, 0.25) is 0 Å². The first kappa shape index (κ1) is 11.2. The largest absolute Gasteiger partial charge is 0.367 e. The number of rotatable bonds is 1. The molecule has 1 aliphatic heterocycles. The van der Waals surface area contributed by atoms with Crippen molar-refractivity contribution in [3.63, 3.8) is 0 Å². The number of carbonyl (C=O) groups excluding carboxylic acids is 1. The Morgan fingerprint density at radius 2 is 2.15 bits per heavy atom. The Kier molecular flexibility index (Phi) is 3.57. The average Bonchev–Trinajstić information content (AvgIpc) is 2.33. The van der Waals surface area contributed by atoms with Gasteiger partial charge in [-0.2, -0.15) is 0 Å². The van der Waals surface area contributed by atoms with Gasteiger partial charge in [-0.15, -0.1) is 5.06 Å². The van der Waals surface area contributed by atoms with E-state index >= 15 is 0 Å². The van der Waals surface area contributed by atoms with Crippen LogP contribution in [-0.2, 0) is 9.63 Å². The van der Waals surface area contributed by atoms with Crippen LogP contribution in [0.15, 0.2) is 0 Å². The lowest BCUT2D eigenvalue weighted by atomic mass is 9.98. The number of alkyl halides is 1. The van der Waals surface area contributed by atoms with Gasteiger partial charge in [0.2, 0.25) is 0 Å². The number of hydroxylamine groups is 2. The molecule has 0 spiro atoms. The molecule has 0 aliphatic carbocycles. The molecule has 1 fully saturated rings. The van der Waals surface area contributed by atoms with Gasteiger partial charge in [0.1, 0.15) is 0 Å². The Hall–Kier alpha value is 0.160. The lowest BCUT2D eigenvalue weighted by molar-refractivity contribution is -0.195. The van der Waals surface area contributed by atoms with Crippen molar-refractivity contribution < 1.29 is 9.63 Å². The molecule has 0 aromatic heterocycles. The van der Waals surface area contributed by atoms with Gasteiger partial charge in [0, 0.05) is 17.0 Å². The number of hydrogen-bond donors (Lipinski definition) is 0. The zero-order valence-corrected chi connectivity index (χ0v) is 10.5. The first-order valence-electron chi connectivity index (χ1n) is 4.51. The Morgan fingerprint density at radius 3 is 2.54 bits per heavy atom. The highest BCUT2D eigenvalue weighted by atomic mass is 127. The predicted molar refractivity (Wildman–Crippen MR) is 59.5 cm³/mol. The monoisotopic (exact) mass is 297 g/mol. The van der Waals surface area contributed by atoms with Gasteiger partial charge in [-0.05, 0) is 27.2 Å². The molecule has 3 nitrogen and oxygen atoms in total. The fourth-order valence-electron chi connectivity index (χ4n) is 1.02. The summed E-state index contributed by atoms with van der Waals surface area (Å²) < 4.78 is 0.616. The first-order valence-corrected chi connectivity index (χ1v) is 5.75. The minimum absolute atomic E-state index is 0.141. The standard InChI is InChI=1S/C9H16INO2/c1-9(2,3)8(12)13-11-5-4-7(10)6-11/h7H,4-6H2,1-3H3. The Morgan fingerprint density at radius 1 is 1.54 bits per heavy atom. The normalized spacial score (nSPS) is 24.8. The lowest BCUT2D eigenvalue weighted by Crippen LogP contribution is -2.32. The van der Waals surface area contributed by atoms with Crippen molar-refractivity contribution in [2.45, 2.75) is 31.1 Å². The SMILES string of the molecule is CC(C)(C)C(=O)ON1CCC(I)C1. The summed E-state index contributed by atoms with van der Waals surface area (Å²) >= 11 is 2.38. The van der Waals surface area contributed by atoms with Crippen molar-refractivity contribution >= 4 is 28.6 Å². The molecule has 1 aliphatic rings. The van der Waals surface area contributed by atoms with Crippen LogP contribution in [0.4, 0.5) is 0 Å². The molecular weight excluding hydrogens is 281 g/mol. The van der Waals surface area contributed by atoms with Gasteiger partial charge >= 0.3 is 5.97 Å². The lowest BCUT2D eigenvalue weighted by Gasteiger charge is -2.21. The molecule has 1 rings (SSSR count). The maximum absolute atomic E-state index is 11.5. The molecule has 1 unspecified atom stereocenters. The second kappa shape index (κ2) is 4.13. The molecule has 0 aromatic carbocycles. The third-order valence-corrected chi connectivity index (χ3v) is 2.93. The van der Waals surface area contributed by atoms with E-state index in [1.807, 2.05) is 20.8 Å². The Labute approximate surface area is 92.9 Å². The van der Waals surface area contributed by atoms with E-state index in [1.165, 1.54) is 0 Å². The van der Waals surface area contributed by atoms with E-state index in [2.05, 4.69) is 22.6 Å². The van der Waals surface area contributed by atoms with E-state index in [4.69, 9.17) is 4.84 Å². The number of halogens is 1. The Balaban J connectivity index is 2.37. The molecule has 0 N–H and O–H groups in total. The van der Waals surface area contributed by atoms with Gasteiger partial charge in [-0.25, -0.2) is 4.79 Å². The van der Waals surface area contributed by atoms with Crippen LogP contribution < -0.4 is 0 Å². The Bertz CT molecular complexity index is 200. The fourth-order valence-corrected chi connectivity index (χ4v) is 1.74. The van der Waals surface area contributed by atoms with Crippen molar-refractivity contribution in [3.05, 3.63) is 0 Å². The van der Waals surface area contributed by atoms with E-state index < -0.39 is 5.41 Å². The van der Waals surface area contributed by atoms with Crippen LogP contribution in [0.1, 0.15) is 27.2 Å². The third-order valence-electron chi connectivity index (χ3n) is 1.92. The van der Waals surface area contributed by atoms with Crippen molar-refractivity contribution in [2.24, 2.45) is 5.41 Å². The summed E-state index contributed by atoms with van der Waals surface area (Å²) in [7, 11) is 0. The van der Waals surface area contributed by atoms with Crippen LogP contribution in [0, 0.1) is 5.41 Å². The third kappa shape index (κ3) is 3.42. The summed E-state index contributed by atoms with van der Waals surface area (Å²) in [4.78, 5) is 16.7. The van der Waals surface area contributed by atoms with Gasteiger partial charge in [0.05, 0.1) is 5.41 Å². The smallest absolute Gasteiger partial charge is 0.330 e. The highest BCUT2D eigenvalue weighted by Crippen LogP contribution is 2.21. The number of hydrogen-bond acceptors (Lipinski definition) is 3. The molecule has 4 heteroatoms. The molecule has 0 aromatic rings. The molecule has 1 atom stereocenters. The van der Waals surface area contributed by atoms with Crippen molar-refractivity contribution in [1.82, 2.24) is 5.06 Å². The van der Waals surface area contributed by atoms with Gasteiger partial charge in [-0.3, -0.25) is 0 Å². The van der Waals surface area contributed by atoms with Crippen molar-refractivity contribution in [2.75, 3.05) is 13.1 Å². The topological polar surface area (TPSA) is 29.5 Å². The summed E-state index contributed by atoms with van der Waals surface area (Å²) in [6.07, 6.45) is 1.11. The van der Waals surface area contributed by atoms with E-state index in [-0.39, 0.29) is 5.97 Å². The van der Waals surface area contributed by atoms with E-state index in [1.54, 1.807) is 5.06 Å². The summed E-state index contributed by atoms with van der Waals surface area (Å²) in [5.41, 5.74) is -0.399. The van der Waals surface area contributed by atoms with Gasteiger partial charge in [-0.1, -0.05) is 22.6 Å². The molecule has 0 saturated carbocycles. The zero-order chi connectivity index (χ0) is 10.1. The summed E-state index contributed by atoms with van der Waals surface area (Å²) in [6.45, 7) is 7.34. The van der Waals surface area contributed by atoms with Gasteiger partial charge < -0.3 is 4.84 Å². The van der Waals surface area contributed by atoms with Crippen LogP contribution in [0.5, 0.6) is 0 Å². The maximum atomic E-state index is 11.5. The molecule has 76 valence electrons. The summed E-state index contributed by atoms with van der Waals surface area (Å²) in [5, 5.41) is 1.77. The molecule has 1 saturated heterocycles. The highest BCUT2D eigenvalue weighted by Gasteiger charge is 2.29. The molecule has 0 amide bonds. The minimum Gasteiger partial charge on any atom is -0.367 e. The second-order valence-corrected chi connectivity index (χ2v) is 6.16. The van der Waals surface area contributed by atoms with Crippen LogP contribution in [0.3, 0.4) is 0 Å². The molecule has 1 heterocycles. The highest BCUT2D eigenvalue weighted by molar-refractivity contribution is 14.1.